The van der Waals surface area contributed by atoms with Gasteiger partial charge in [0.25, 0.3) is 0 Å². The van der Waals surface area contributed by atoms with Gasteiger partial charge in [0.15, 0.2) is 23.1 Å². The van der Waals surface area contributed by atoms with Crippen molar-refractivity contribution in [2.45, 2.75) is 13.0 Å². The molecule has 10 nitrogen and oxygen atoms in total. The van der Waals surface area contributed by atoms with Crippen molar-refractivity contribution in [1.29, 1.82) is 0 Å². The number of nitrogens with one attached hydrogen (secondary N) is 1. The maximum Gasteiger partial charge on any atom is 0.231 e. The number of nitrogen functional groups attached to an aromatic ring is 1. The second-order valence-electron chi connectivity index (χ2n) is 8.64. The summed E-state index contributed by atoms with van der Waals surface area (Å²) in [6.45, 7) is 10.4. The van der Waals surface area contributed by atoms with Crippen LogP contribution >= 0.6 is 0 Å². The lowest BCUT2D eigenvalue weighted by Gasteiger charge is -2.36. The highest BCUT2D eigenvalue weighted by Crippen LogP contribution is 2.33. The number of hydrogen-bond donors (Lipinski definition) is 2. The Morgan fingerprint density at radius 3 is 2.61 bits per heavy atom. The van der Waals surface area contributed by atoms with Crippen molar-refractivity contribution in [2.24, 2.45) is 0 Å². The number of fused-ring (bicyclic) bond motifs is 1. The van der Waals surface area contributed by atoms with Crippen molar-refractivity contribution in [1.82, 2.24) is 19.8 Å². The van der Waals surface area contributed by atoms with E-state index in [1.807, 2.05) is 6.07 Å². The number of piperazine rings is 1. The van der Waals surface area contributed by atoms with Gasteiger partial charge in [0, 0.05) is 52.4 Å². The molecule has 1 aromatic heterocycles. The number of ether oxygens (including phenoxy) is 3. The van der Waals surface area contributed by atoms with E-state index in [1.54, 1.807) is 6.33 Å². The first-order valence-corrected chi connectivity index (χ1v) is 11.8. The Balaban J connectivity index is 1.10. The summed E-state index contributed by atoms with van der Waals surface area (Å²) in [6, 6.07) is 6.18. The van der Waals surface area contributed by atoms with E-state index in [2.05, 4.69) is 42.1 Å². The first-order valence-electron chi connectivity index (χ1n) is 11.8. The van der Waals surface area contributed by atoms with Gasteiger partial charge >= 0.3 is 0 Å². The number of morpholine rings is 1. The van der Waals surface area contributed by atoms with E-state index < -0.39 is 0 Å². The van der Waals surface area contributed by atoms with Crippen LogP contribution in [0.4, 0.5) is 17.3 Å². The normalized spacial score (nSPS) is 19.1. The third-order valence-corrected chi connectivity index (χ3v) is 6.43. The molecule has 5 rings (SSSR count). The first-order chi connectivity index (χ1) is 16.3. The highest BCUT2D eigenvalue weighted by molar-refractivity contribution is 5.75. The molecule has 0 amide bonds. The number of nitrogens with two attached hydrogens (primary N) is 1. The molecule has 1 aromatic carbocycles. The van der Waals surface area contributed by atoms with Crippen molar-refractivity contribution in [2.75, 3.05) is 88.3 Å². The summed E-state index contributed by atoms with van der Waals surface area (Å²) in [5.74, 6) is 3.21. The predicted molar refractivity (Wildman–Crippen MR) is 127 cm³/mol. The fourth-order valence-corrected chi connectivity index (χ4v) is 4.53. The van der Waals surface area contributed by atoms with Gasteiger partial charge in [-0.05, 0) is 30.7 Å². The Bertz CT molecular complexity index is 930. The summed E-state index contributed by atoms with van der Waals surface area (Å²) in [7, 11) is 0. The number of rotatable bonds is 8. The van der Waals surface area contributed by atoms with Crippen LogP contribution in [0, 0.1) is 0 Å². The van der Waals surface area contributed by atoms with Crippen LogP contribution in [-0.4, -0.2) is 92.1 Å². The Hall–Kier alpha value is -2.82. The average Bonchev–Trinajstić information content (AvgIpc) is 3.32. The number of hydrogen-bond acceptors (Lipinski definition) is 10. The number of aromatic nitrogens is 2. The molecule has 0 aliphatic carbocycles. The van der Waals surface area contributed by atoms with E-state index in [9.17, 15) is 0 Å². The topological polar surface area (TPSA) is 101 Å². The molecule has 10 heteroatoms. The van der Waals surface area contributed by atoms with Crippen LogP contribution in [-0.2, 0) is 11.3 Å². The minimum Gasteiger partial charge on any atom is -0.454 e. The first kappa shape index (κ1) is 22.0. The molecule has 2 saturated heterocycles. The number of nitrogens with zero attached hydrogens (tertiary/aromatic N) is 5. The van der Waals surface area contributed by atoms with Crippen LogP contribution in [0.2, 0.25) is 0 Å². The summed E-state index contributed by atoms with van der Waals surface area (Å²) in [5.41, 5.74) is 8.32. The Kier molecular flexibility index (Phi) is 6.94. The molecule has 4 heterocycles. The second-order valence-corrected chi connectivity index (χ2v) is 8.64. The summed E-state index contributed by atoms with van der Waals surface area (Å²) < 4.78 is 16.3. The molecule has 0 atom stereocenters. The van der Waals surface area contributed by atoms with Crippen LogP contribution in [0.1, 0.15) is 12.0 Å². The van der Waals surface area contributed by atoms with Gasteiger partial charge in [-0.1, -0.05) is 6.07 Å². The lowest BCUT2D eigenvalue weighted by atomic mass is 10.1. The zero-order valence-corrected chi connectivity index (χ0v) is 19.0. The monoisotopic (exact) mass is 455 g/mol. The maximum absolute atomic E-state index is 6.45. The zero-order chi connectivity index (χ0) is 22.5. The Morgan fingerprint density at radius 2 is 1.76 bits per heavy atom. The molecule has 0 spiro atoms. The van der Waals surface area contributed by atoms with Crippen LogP contribution in [0.5, 0.6) is 11.5 Å². The van der Waals surface area contributed by atoms with Gasteiger partial charge in [-0.3, -0.25) is 9.80 Å². The van der Waals surface area contributed by atoms with E-state index in [0.717, 1.165) is 102 Å². The minimum absolute atomic E-state index is 0.308. The molecule has 33 heavy (non-hydrogen) atoms. The smallest absolute Gasteiger partial charge is 0.231 e. The van der Waals surface area contributed by atoms with Crippen molar-refractivity contribution >= 4 is 17.3 Å². The Labute approximate surface area is 194 Å². The molecule has 178 valence electrons. The summed E-state index contributed by atoms with van der Waals surface area (Å²) >= 11 is 0. The average molecular weight is 456 g/mol. The quantitative estimate of drug-likeness (QED) is 0.566. The molecule has 2 fully saturated rings. The van der Waals surface area contributed by atoms with E-state index in [1.165, 1.54) is 5.56 Å². The summed E-state index contributed by atoms with van der Waals surface area (Å²) in [5, 5.41) is 3.40. The standard InChI is InChI=1S/C23H33N7O3/c24-21-22(25-4-1-5-28-10-12-31-13-11-28)26-16-27-23(21)30-8-6-29(7-9-30)15-18-2-3-19-20(14-18)33-17-32-19/h2-3,14,16H,1,4-13,15,17,24H2,(H,25,26,27). The van der Waals surface area contributed by atoms with E-state index in [0.29, 0.717) is 12.5 Å². The molecule has 2 aromatic rings. The molecular formula is C23H33N7O3. The summed E-state index contributed by atoms with van der Waals surface area (Å²) in [4.78, 5) is 16.0. The minimum atomic E-state index is 0.308. The van der Waals surface area contributed by atoms with Crippen LogP contribution in [0.25, 0.3) is 0 Å². The van der Waals surface area contributed by atoms with Gasteiger partial charge < -0.3 is 30.2 Å². The highest BCUT2D eigenvalue weighted by Gasteiger charge is 2.22. The van der Waals surface area contributed by atoms with Gasteiger partial charge in [0.05, 0.1) is 13.2 Å². The van der Waals surface area contributed by atoms with Gasteiger partial charge in [-0.15, -0.1) is 0 Å². The van der Waals surface area contributed by atoms with E-state index in [4.69, 9.17) is 19.9 Å². The fraction of sp³-hybridized carbons (Fsp3) is 0.565. The molecular weight excluding hydrogens is 422 g/mol. The third-order valence-electron chi connectivity index (χ3n) is 6.43. The van der Waals surface area contributed by atoms with Crippen molar-refractivity contribution in [3.05, 3.63) is 30.1 Å². The molecule has 0 bridgehead atoms. The summed E-state index contributed by atoms with van der Waals surface area (Å²) in [6.07, 6.45) is 2.65. The second kappa shape index (κ2) is 10.4. The van der Waals surface area contributed by atoms with Gasteiger partial charge in [0.2, 0.25) is 6.79 Å². The fourth-order valence-electron chi connectivity index (χ4n) is 4.53. The molecule has 3 N–H and O–H groups in total. The lowest BCUT2D eigenvalue weighted by Crippen LogP contribution is -2.46. The van der Waals surface area contributed by atoms with E-state index >= 15 is 0 Å². The van der Waals surface area contributed by atoms with Gasteiger partial charge in [-0.2, -0.15) is 0 Å². The molecule has 0 radical (unpaired) electrons. The zero-order valence-electron chi connectivity index (χ0n) is 19.0. The molecule has 3 aliphatic heterocycles. The van der Waals surface area contributed by atoms with Crippen molar-refractivity contribution < 1.29 is 14.2 Å². The van der Waals surface area contributed by atoms with Crippen molar-refractivity contribution in [3.63, 3.8) is 0 Å². The van der Waals surface area contributed by atoms with E-state index in [-0.39, 0.29) is 0 Å². The molecule has 0 unspecified atom stereocenters. The van der Waals surface area contributed by atoms with Crippen LogP contribution in [0.3, 0.4) is 0 Å². The largest absolute Gasteiger partial charge is 0.454 e. The van der Waals surface area contributed by atoms with Gasteiger partial charge in [0.1, 0.15) is 12.0 Å². The van der Waals surface area contributed by atoms with Crippen LogP contribution < -0.4 is 25.4 Å². The third kappa shape index (κ3) is 5.40. The Morgan fingerprint density at radius 1 is 0.939 bits per heavy atom. The van der Waals surface area contributed by atoms with Gasteiger partial charge in [-0.25, -0.2) is 9.97 Å². The lowest BCUT2D eigenvalue weighted by molar-refractivity contribution is 0.0378. The van der Waals surface area contributed by atoms with Crippen LogP contribution in [0.15, 0.2) is 24.5 Å². The number of benzene rings is 1. The SMILES string of the molecule is Nc1c(NCCCN2CCOCC2)ncnc1N1CCN(Cc2ccc3c(c2)OCO3)CC1. The number of anilines is 3. The predicted octanol–water partition coefficient (Wildman–Crippen LogP) is 1.24. The van der Waals surface area contributed by atoms with Crippen molar-refractivity contribution in [3.8, 4) is 11.5 Å². The molecule has 3 aliphatic rings. The maximum atomic E-state index is 6.45. The molecule has 0 saturated carbocycles. The highest BCUT2D eigenvalue weighted by atomic mass is 16.7.